The highest BCUT2D eigenvalue weighted by Crippen LogP contribution is 2.61. The van der Waals surface area contributed by atoms with Crippen LogP contribution in [-0.2, 0) is 9.05 Å². The Morgan fingerprint density at radius 3 is 1.95 bits per heavy atom. The van der Waals surface area contributed by atoms with Crippen LogP contribution >= 0.6 is 7.94 Å². The molecule has 0 bridgehead atoms. The predicted molar refractivity (Wildman–Crippen MR) is 81.4 cm³/mol. The molecule has 3 nitrogen and oxygen atoms in total. The summed E-state index contributed by atoms with van der Waals surface area (Å²) in [6.07, 6.45) is 5.58. The number of para-hydroxylation sites is 1. The Labute approximate surface area is 115 Å². The maximum absolute atomic E-state index is 5.95. The zero-order valence-corrected chi connectivity index (χ0v) is 11.9. The third-order valence-electron chi connectivity index (χ3n) is 2.12. The van der Waals surface area contributed by atoms with Crippen LogP contribution in [0.4, 0.5) is 0 Å². The van der Waals surface area contributed by atoms with Crippen molar-refractivity contribution in [2.75, 3.05) is 19.4 Å². The lowest BCUT2D eigenvalue weighted by Gasteiger charge is -2.20. The van der Waals surface area contributed by atoms with Gasteiger partial charge in [-0.25, -0.2) is 0 Å². The Balaban J connectivity index is 2.88. The van der Waals surface area contributed by atoms with E-state index in [4.69, 9.17) is 13.6 Å². The van der Waals surface area contributed by atoms with E-state index in [0.717, 1.165) is 0 Å². The van der Waals surface area contributed by atoms with Crippen LogP contribution in [0.5, 0.6) is 5.75 Å². The van der Waals surface area contributed by atoms with Crippen molar-refractivity contribution in [3.05, 3.63) is 68.3 Å². The summed E-state index contributed by atoms with van der Waals surface area (Å²) >= 11 is 0. The van der Waals surface area contributed by atoms with E-state index in [2.05, 4.69) is 19.7 Å². The van der Waals surface area contributed by atoms with E-state index in [0.29, 0.717) is 25.1 Å². The van der Waals surface area contributed by atoms with Crippen LogP contribution < -0.4 is 4.52 Å². The average molecular weight is 279 g/mol. The van der Waals surface area contributed by atoms with Crippen LogP contribution in [0.3, 0.4) is 0 Å². The first-order chi connectivity index (χ1) is 9.26. The summed E-state index contributed by atoms with van der Waals surface area (Å²) in [6, 6.07) is 9.46. The number of benzene rings is 1. The standard InChI is InChI=1S/C15H20O3P/c1-4-12-16-19(14-6-3,17-13-5-2)18-15-10-8-7-9-11-15/h4-11H,1-3,12-14H2/q+1. The monoisotopic (exact) mass is 279 g/mol. The molecule has 0 fully saturated rings. The third kappa shape index (κ3) is 5.39. The van der Waals surface area contributed by atoms with Crippen LogP contribution in [0.2, 0.25) is 0 Å². The van der Waals surface area contributed by atoms with Crippen molar-refractivity contribution in [3.63, 3.8) is 0 Å². The summed E-state index contributed by atoms with van der Waals surface area (Å²) in [5, 5.41) is 0. The highest BCUT2D eigenvalue weighted by atomic mass is 31.2. The Morgan fingerprint density at radius 1 is 0.895 bits per heavy atom. The summed E-state index contributed by atoms with van der Waals surface area (Å²) in [4.78, 5) is 0. The second-order valence-electron chi connectivity index (χ2n) is 3.66. The highest BCUT2D eigenvalue weighted by molar-refractivity contribution is 7.62. The minimum Gasteiger partial charge on any atom is -0.286 e. The van der Waals surface area contributed by atoms with Gasteiger partial charge < -0.3 is 0 Å². The second kappa shape index (κ2) is 8.65. The van der Waals surface area contributed by atoms with Crippen molar-refractivity contribution >= 4 is 7.94 Å². The van der Waals surface area contributed by atoms with Gasteiger partial charge in [0, 0.05) is 0 Å². The van der Waals surface area contributed by atoms with Gasteiger partial charge >= 0.3 is 7.94 Å². The van der Waals surface area contributed by atoms with Crippen molar-refractivity contribution in [2.45, 2.75) is 0 Å². The molecule has 4 heteroatoms. The Morgan fingerprint density at radius 2 is 1.47 bits per heavy atom. The van der Waals surface area contributed by atoms with Crippen molar-refractivity contribution in [1.29, 1.82) is 0 Å². The lowest BCUT2D eigenvalue weighted by molar-refractivity contribution is 0.214. The summed E-state index contributed by atoms with van der Waals surface area (Å²) in [7, 11) is -2.51. The van der Waals surface area contributed by atoms with Gasteiger partial charge in [0.2, 0.25) is 0 Å². The van der Waals surface area contributed by atoms with Crippen LogP contribution in [-0.4, -0.2) is 19.4 Å². The van der Waals surface area contributed by atoms with Crippen molar-refractivity contribution in [2.24, 2.45) is 0 Å². The Hall–Kier alpha value is -1.41. The minimum absolute atomic E-state index is 0.367. The molecule has 1 rings (SSSR count). The number of rotatable bonds is 10. The molecule has 0 N–H and O–H groups in total. The van der Waals surface area contributed by atoms with Gasteiger partial charge in [-0.3, -0.25) is 4.52 Å². The number of hydrogen-bond acceptors (Lipinski definition) is 3. The van der Waals surface area contributed by atoms with E-state index in [1.807, 2.05) is 30.3 Å². The largest absolute Gasteiger partial charge is 0.461 e. The second-order valence-corrected chi connectivity index (χ2v) is 5.94. The van der Waals surface area contributed by atoms with Crippen LogP contribution in [0, 0.1) is 0 Å². The maximum Gasteiger partial charge on any atom is 0.461 e. The zero-order chi connectivity index (χ0) is 14.0. The molecule has 0 aliphatic heterocycles. The smallest absolute Gasteiger partial charge is 0.286 e. The van der Waals surface area contributed by atoms with E-state index < -0.39 is 7.94 Å². The lowest BCUT2D eigenvalue weighted by atomic mass is 10.3. The van der Waals surface area contributed by atoms with Crippen LogP contribution in [0.15, 0.2) is 68.3 Å². The van der Waals surface area contributed by atoms with Crippen molar-refractivity contribution < 1.29 is 13.6 Å². The SMILES string of the molecule is C=CCO[P+](CC=C)(OCC=C)Oc1ccccc1. The third-order valence-corrected chi connectivity index (χ3v) is 4.40. The van der Waals surface area contributed by atoms with Gasteiger partial charge in [0.15, 0.2) is 11.9 Å². The van der Waals surface area contributed by atoms with Gasteiger partial charge in [-0.05, 0) is 18.2 Å². The van der Waals surface area contributed by atoms with Crippen molar-refractivity contribution in [1.82, 2.24) is 0 Å². The number of hydrogen-bond donors (Lipinski definition) is 0. The van der Waals surface area contributed by atoms with Gasteiger partial charge in [-0.1, -0.05) is 36.9 Å². The van der Waals surface area contributed by atoms with Crippen LogP contribution in [0.1, 0.15) is 0 Å². The average Bonchev–Trinajstić information content (AvgIpc) is 2.44. The topological polar surface area (TPSA) is 27.7 Å². The van der Waals surface area contributed by atoms with Gasteiger partial charge in [-0.15, -0.1) is 13.2 Å². The quantitative estimate of drug-likeness (QED) is 0.468. The van der Waals surface area contributed by atoms with Gasteiger partial charge in [0.25, 0.3) is 0 Å². The van der Waals surface area contributed by atoms with Crippen LogP contribution in [0.25, 0.3) is 0 Å². The minimum atomic E-state index is -2.51. The first kappa shape index (κ1) is 15.6. The molecule has 19 heavy (non-hydrogen) atoms. The van der Waals surface area contributed by atoms with Gasteiger partial charge in [0.05, 0.1) is 0 Å². The summed E-state index contributed by atoms with van der Waals surface area (Å²) in [5.74, 6) is 0.714. The molecule has 0 heterocycles. The molecular weight excluding hydrogens is 259 g/mol. The molecule has 0 atom stereocenters. The molecule has 0 spiro atoms. The van der Waals surface area contributed by atoms with E-state index in [-0.39, 0.29) is 0 Å². The highest BCUT2D eigenvalue weighted by Gasteiger charge is 2.45. The molecular formula is C15H20O3P+. The fourth-order valence-electron chi connectivity index (χ4n) is 1.37. The molecule has 0 amide bonds. The molecule has 1 aromatic rings. The molecule has 0 aliphatic rings. The number of allylic oxidation sites excluding steroid dienone is 1. The van der Waals surface area contributed by atoms with E-state index >= 15 is 0 Å². The summed E-state index contributed by atoms with van der Waals surface area (Å²) in [6.45, 7) is 11.8. The summed E-state index contributed by atoms with van der Waals surface area (Å²) < 4.78 is 17.5. The predicted octanol–water partition coefficient (Wildman–Crippen LogP) is 4.42. The normalized spacial score (nSPS) is 10.7. The fraction of sp³-hybridized carbons (Fsp3) is 0.200. The maximum atomic E-state index is 5.95. The molecule has 0 radical (unpaired) electrons. The van der Waals surface area contributed by atoms with E-state index in [9.17, 15) is 0 Å². The molecule has 0 aromatic heterocycles. The lowest BCUT2D eigenvalue weighted by Crippen LogP contribution is -2.13. The summed E-state index contributed by atoms with van der Waals surface area (Å²) in [5.41, 5.74) is 0. The van der Waals surface area contributed by atoms with E-state index in [1.54, 1.807) is 18.2 Å². The zero-order valence-electron chi connectivity index (χ0n) is 11.0. The van der Waals surface area contributed by atoms with Gasteiger partial charge in [0.1, 0.15) is 13.2 Å². The van der Waals surface area contributed by atoms with Crippen molar-refractivity contribution in [3.8, 4) is 5.75 Å². The van der Waals surface area contributed by atoms with Gasteiger partial charge in [-0.2, -0.15) is 9.05 Å². The first-order valence-electron chi connectivity index (χ1n) is 6.01. The molecule has 0 saturated heterocycles. The Kier molecular flexibility index (Phi) is 7.12. The Bertz CT molecular complexity index is 391. The molecule has 0 unspecified atom stereocenters. The molecule has 102 valence electrons. The van der Waals surface area contributed by atoms with E-state index in [1.165, 1.54) is 0 Å². The molecule has 0 aliphatic carbocycles. The fourth-order valence-corrected chi connectivity index (χ4v) is 3.25. The molecule has 1 aromatic carbocycles. The first-order valence-corrected chi connectivity index (χ1v) is 7.73. The molecule has 0 saturated carbocycles.